The van der Waals surface area contributed by atoms with Crippen molar-refractivity contribution in [3.63, 3.8) is 0 Å². The maximum absolute atomic E-state index is 12.1. The Kier molecular flexibility index (Phi) is 9.16. The van der Waals surface area contributed by atoms with Crippen LogP contribution in [0.5, 0.6) is 11.5 Å². The number of thiocarbonyl (C=S) groups is 1. The van der Waals surface area contributed by atoms with Crippen molar-refractivity contribution in [2.75, 3.05) is 13.2 Å². The van der Waals surface area contributed by atoms with Crippen molar-refractivity contribution < 1.29 is 19.1 Å². The fourth-order valence-electron chi connectivity index (χ4n) is 2.59. The van der Waals surface area contributed by atoms with Crippen molar-refractivity contribution in [3.8, 4) is 11.5 Å². The standard InChI is InChI=1S/C21H15Br2Cl2N3O4S/c22-12-2-4-14-11(7-12)1-5-17(20(14)23)32-10-19(30)27-28-21(33)26-18(29)9-31-16-6-3-13(24)8-15(16)25/h1-8H,9-10H2,(H,27,30)(H2,26,28,29,33). The third-order valence-electron chi connectivity index (χ3n) is 4.06. The molecule has 0 aliphatic carbocycles. The Balaban J connectivity index is 1.41. The monoisotopic (exact) mass is 633 g/mol. The number of carbonyl (C=O) groups is 2. The molecule has 0 saturated heterocycles. The summed E-state index contributed by atoms with van der Waals surface area (Å²) in [7, 11) is 0. The minimum atomic E-state index is -0.546. The number of halogens is 4. The molecular weight excluding hydrogens is 621 g/mol. The van der Waals surface area contributed by atoms with Crippen molar-refractivity contribution in [1.82, 2.24) is 16.2 Å². The molecule has 0 fully saturated rings. The lowest BCUT2D eigenvalue weighted by Crippen LogP contribution is -2.50. The zero-order chi connectivity index (χ0) is 24.0. The van der Waals surface area contributed by atoms with Gasteiger partial charge in [-0.3, -0.25) is 25.8 Å². The molecule has 12 heteroatoms. The van der Waals surface area contributed by atoms with Gasteiger partial charge in [0.2, 0.25) is 0 Å². The summed E-state index contributed by atoms with van der Waals surface area (Å²) in [6.45, 7) is -0.616. The molecular formula is C21H15Br2Cl2N3O4S. The molecule has 7 nitrogen and oxygen atoms in total. The summed E-state index contributed by atoms with van der Waals surface area (Å²) in [6, 6.07) is 14.1. The van der Waals surface area contributed by atoms with Crippen LogP contribution < -0.4 is 25.6 Å². The Bertz CT molecular complexity index is 1230. The number of amides is 2. The molecule has 3 aromatic rings. The minimum Gasteiger partial charge on any atom is -0.483 e. The van der Waals surface area contributed by atoms with E-state index in [4.69, 9.17) is 44.9 Å². The molecule has 0 aromatic heterocycles. The third kappa shape index (κ3) is 7.44. The molecule has 0 aliphatic rings. The molecule has 0 atom stereocenters. The zero-order valence-corrected chi connectivity index (χ0v) is 22.1. The van der Waals surface area contributed by atoms with Gasteiger partial charge in [-0.1, -0.05) is 51.3 Å². The Morgan fingerprint density at radius 1 is 0.879 bits per heavy atom. The van der Waals surface area contributed by atoms with E-state index in [-0.39, 0.29) is 23.3 Å². The lowest BCUT2D eigenvalue weighted by atomic mass is 10.1. The van der Waals surface area contributed by atoms with Crippen LogP contribution in [0, 0.1) is 0 Å². The van der Waals surface area contributed by atoms with E-state index in [0.29, 0.717) is 16.5 Å². The predicted octanol–water partition coefficient (Wildman–Crippen LogP) is 5.15. The van der Waals surface area contributed by atoms with Crippen molar-refractivity contribution in [2.24, 2.45) is 0 Å². The average molecular weight is 636 g/mol. The summed E-state index contributed by atoms with van der Waals surface area (Å²) in [4.78, 5) is 24.0. The number of ether oxygens (including phenoxy) is 2. The molecule has 0 unspecified atom stereocenters. The van der Waals surface area contributed by atoms with E-state index in [0.717, 1.165) is 19.7 Å². The number of carbonyl (C=O) groups excluding carboxylic acids is 2. The molecule has 0 spiro atoms. The smallest absolute Gasteiger partial charge is 0.276 e. The molecule has 172 valence electrons. The number of hydrazine groups is 1. The number of nitrogens with one attached hydrogen (secondary N) is 3. The molecule has 0 radical (unpaired) electrons. The van der Waals surface area contributed by atoms with Gasteiger partial charge in [-0.25, -0.2) is 0 Å². The number of benzene rings is 3. The predicted molar refractivity (Wildman–Crippen MR) is 139 cm³/mol. The molecule has 0 heterocycles. The average Bonchev–Trinajstić information content (AvgIpc) is 2.76. The lowest BCUT2D eigenvalue weighted by Gasteiger charge is -2.13. The van der Waals surface area contributed by atoms with Crippen LogP contribution in [0.2, 0.25) is 10.0 Å². The van der Waals surface area contributed by atoms with Gasteiger partial charge in [0.1, 0.15) is 11.5 Å². The molecule has 0 saturated carbocycles. The van der Waals surface area contributed by atoms with Gasteiger partial charge in [0.15, 0.2) is 18.3 Å². The van der Waals surface area contributed by atoms with Crippen LogP contribution in [0.3, 0.4) is 0 Å². The third-order valence-corrected chi connectivity index (χ3v) is 6.11. The summed E-state index contributed by atoms with van der Waals surface area (Å²) in [5.74, 6) is -0.240. The SMILES string of the molecule is O=C(COc1ccc2cc(Br)ccc2c1Br)NNC(=S)NC(=O)COc1ccc(Cl)cc1Cl. The number of fused-ring (bicyclic) bond motifs is 1. The number of rotatable bonds is 6. The summed E-state index contributed by atoms with van der Waals surface area (Å²) < 4.78 is 12.6. The van der Waals surface area contributed by atoms with E-state index in [1.165, 1.54) is 6.07 Å². The van der Waals surface area contributed by atoms with E-state index < -0.39 is 11.8 Å². The molecule has 3 rings (SSSR count). The largest absolute Gasteiger partial charge is 0.483 e. The minimum absolute atomic E-state index is 0.114. The second-order valence-electron chi connectivity index (χ2n) is 6.45. The van der Waals surface area contributed by atoms with Gasteiger partial charge in [-0.15, -0.1) is 0 Å². The maximum Gasteiger partial charge on any atom is 0.276 e. The molecule has 3 aromatic carbocycles. The van der Waals surface area contributed by atoms with Crippen molar-refractivity contribution in [1.29, 1.82) is 0 Å². The second kappa shape index (κ2) is 11.8. The fraction of sp³-hybridized carbons (Fsp3) is 0.0952. The van der Waals surface area contributed by atoms with Crippen LogP contribution in [0.1, 0.15) is 0 Å². The second-order valence-corrected chi connectivity index (χ2v) is 9.41. The molecule has 33 heavy (non-hydrogen) atoms. The van der Waals surface area contributed by atoms with Gasteiger partial charge in [-0.05, 0) is 75.3 Å². The molecule has 0 aliphatic heterocycles. The fourth-order valence-corrected chi connectivity index (χ4v) is 4.20. The lowest BCUT2D eigenvalue weighted by molar-refractivity contribution is -0.124. The van der Waals surface area contributed by atoms with Crippen LogP contribution in [0.4, 0.5) is 0 Å². The Labute approximate surface area is 221 Å². The highest BCUT2D eigenvalue weighted by Gasteiger charge is 2.11. The topological polar surface area (TPSA) is 88.7 Å². The summed E-state index contributed by atoms with van der Waals surface area (Å²) >= 11 is 23.7. The van der Waals surface area contributed by atoms with Crippen molar-refractivity contribution in [2.45, 2.75) is 0 Å². The van der Waals surface area contributed by atoms with Crippen molar-refractivity contribution >= 4 is 95.0 Å². The summed E-state index contributed by atoms with van der Waals surface area (Å²) in [6.07, 6.45) is 0. The van der Waals surface area contributed by atoms with Crippen LogP contribution in [-0.2, 0) is 9.59 Å². The first-order valence-electron chi connectivity index (χ1n) is 9.20. The first kappa shape index (κ1) is 25.5. The zero-order valence-electron chi connectivity index (χ0n) is 16.6. The van der Waals surface area contributed by atoms with Crippen LogP contribution in [0.25, 0.3) is 10.8 Å². The van der Waals surface area contributed by atoms with Crippen molar-refractivity contribution in [3.05, 3.63) is 67.5 Å². The van der Waals surface area contributed by atoms with Gasteiger partial charge >= 0.3 is 0 Å². The molecule has 0 bridgehead atoms. The maximum atomic E-state index is 12.1. The highest BCUT2D eigenvalue weighted by Crippen LogP contribution is 2.34. The normalized spacial score (nSPS) is 10.4. The van der Waals surface area contributed by atoms with E-state index in [2.05, 4.69) is 48.0 Å². The Morgan fingerprint density at radius 2 is 1.58 bits per heavy atom. The Hall–Kier alpha value is -2.11. The summed E-state index contributed by atoms with van der Waals surface area (Å²) in [5, 5.41) is 4.93. The summed E-state index contributed by atoms with van der Waals surface area (Å²) in [5.41, 5.74) is 4.76. The van der Waals surface area contributed by atoms with E-state index in [1.807, 2.05) is 24.3 Å². The van der Waals surface area contributed by atoms with E-state index in [1.54, 1.807) is 18.2 Å². The van der Waals surface area contributed by atoms with Gasteiger partial charge in [0.25, 0.3) is 11.8 Å². The Morgan fingerprint density at radius 3 is 2.33 bits per heavy atom. The first-order valence-corrected chi connectivity index (χ1v) is 11.9. The van der Waals surface area contributed by atoms with Gasteiger partial charge < -0.3 is 9.47 Å². The molecule has 3 N–H and O–H groups in total. The number of hydrogen-bond donors (Lipinski definition) is 3. The van der Waals surface area contributed by atoms with Crippen LogP contribution >= 0.6 is 67.3 Å². The van der Waals surface area contributed by atoms with Gasteiger partial charge in [0, 0.05) is 9.50 Å². The number of hydrogen-bond acceptors (Lipinski definition) is 5. The van der Waals surface area contributed by atoms with Crippen LogP contribution in [-0.4, -0.2) is 30.1 Å². The first-order chi connectivity index (χ1) is 15.7. The van der Waals surface area contributed by atoms with Crippen LogP contribution in [0.15, 0.2) is 57.5 Å². The highest BCUT2D eigenvalue weighted by atomic mass is 79.9. The quantitative estimate of drug-likeness (QED) is 0.257. The van der Waals surface area contributed by atoms with E-state index in [9.17, 15) is 9.59 Å². The van der Waals surface area contributed by atoms with Gasteiger partial charge in [-0.2, -0.15) is 0 Å². The van der Waals surface area contributed by atoms with E-state index >= 15 is 0 Å². The molecule has 2 amide bonds. The highest BCUT2D eigenvalue weighted by molar-refractivity contribution is 9.11. The van der Waals surface area contributed by atoms with Gasteiger partial charge in [0.05, 0.1) is 9.50 Å².